The lowest BCUT2D eigenvalue weighted by molar-refractivity contribution is 0.117. The Labute approximate surface area is 169 Å². The van der Waals surface area contributed by atoms with Gasteiger partial charge in [0, 0.05) is 12.1 Å². The zero-order valence-electron chi connectivity index (χ0n) is 16.5. The summed E-state index contributed by atoms with van der Waals surface area (Å²) in [4.78, 5) is 31.7. The molecule has 4 rings (SSSR count). The molecule has 0 spiro atoms. The number of aryl methyl sites for hydroxylation is 1. The van der Waals surface area contributed by atoms with Crippen LogP contribution in [0.5, 0.6) is 0 Å². The summed E-state index contributed by atoms with van der Waals surface area (Å²) < 4.78 is 6.59. The van der Waals surface area contributed by atoms with E-state index in [2.05, 4.69) is 0 Å². The van der Waals surface area contributed by atoms with Crippen LogP contribution in [0, 0.1) is 6.92 Å². The normalized spacial score (nSPS) is 13.3. The van der Waals surface area contributed by atoms with Gasteiger partial charge in [-0.15, -0.1) is 0 Å². The van der Waals surface area contributed by atoms with Crippen LogP contribution in [-0.4, -0.2) is 34.2 Å². The van der Waals surface area contributed by atoms with Crippen LogP contribution >= 0.6 is 0 Å². The number of aromatic nitrogens is 2. The van der Waals surface area contributed by atoms with Crippen molar-refractivity contribution in [1.29, 1.82) is 0 Å². The molecule has 1 aliphatic heterocycles. The van der Waals surface area contributed by atoms with Crippen LogP contribution in [0.3, 0.4) is 0 Å². The van der Waals surface area contributed by atoms with Gasteiger partial charge in [-0.3, -0.25) is 9.36 Å². The molecule has 0 unspecified atom stereocenters. The van der Waals surface area contributed by atoms with Gasteiger partial charge in [-0.2, -0.15) is 0 Å². The van der Waals surface area contributed by atoms with Crippen LogP contribution in [-0.2, 0) is 17.7 Å². The Bertz CT molecular complexity index is 1040. The van der Waals surface area contributed by atoms with Gasteiger partial charge in [0.15, 0.2) is 0 Å². The summed E-state index contributed by atoms with van der Waals surface area (Å²) in [5.74, 6) is 0.623. The summed E-state index contributed by atoms with van der Waals surface area (Å²) in [6.07, 6.45) is 0.0677. The lowest BCUT2D eigenvalue weighted by atomic mass is 9.97. The molecular weight excluding hydrogens is 366 g/mol. The molecule has 1 amide bonds. The van der Waals surface area contributed by atoms with Gasteiger partial charge in [0.2, 0.25) is 0 Å². The molecule has 1 aliphatic rings. The molecule has 0 atom stereocenters. The second-order valence-corrected chi connectivity index (χ2v) is 7.12. The zero-order chi connectivity index (χ0) is 20.4. The number of hydrogen-bond donors (Lipinski definition) is 0. The summed E-state index contributed by atoms with van der Waals surface area (Å²) in [6, 6.07) is 19.7. The monoisotopic (exact) mass is 389 g/mol. The fourth-order valence-electron chi connectivity index (χ4n) is 3.97. The number of nitrogens with zero attached hydrogens (tertiary/aromatic N) is 3. The lowest BCUT2D eigenvalue weighted by Gasteiger charge is -2.29. The third kappa shape index (κ3) is 3.53. The fraction of sp³-hybridized carbons (Fsp3) is 0.261. The van der Waals surface area contributed by atoms with E-state index in [0.29, 0.717) is 36.6 Å². The quantitative estimate of drug-likeness (QED) is 0.689. The first kappa shape index (κ1) is 18.9. The van der Waals surface area contributed by atoms with Crippen LogP contribution in [0.1, 0.15) is 34.3 Å². The van der Waals surface area contributed by atoms with Gasteiger partial charge in [0.25, 0.3) is 5.56 Å². The number of amides is 1. The molecule has 3 aromatic rings. The summed E-state index contributed by atoms with van der Waals surface area (Å²) >= 11 is 0. The number of ether oxygens (including phenoxy) is 1. The number of hydrogen-bond acceptors (Lipinski definition) is 4. The first-order chi connectivity index (χ1) is 14.1. The van der Waals surface area contributed by atoms with E-state index >= 15 is 0 Å². The second kappa shape index (κ2) is 7.91. The van der Waals surface area contributed by atoms with Gasteiger partial charge >= 0.3 is 6.09 Å². The molecule has 6 nitrogen and oxygen atoms in total. The first-order valence-electron chi connectivity index (χ1n) is 9.64. The maximum Gasteiger partial charge on any atom is 0.409 e. The molecule has 0 aliphatic carbocycles. The van der Waals surface area contributed by atoms with E-state index in [1.807, 2.05) is 67.6 Å². The highest BCUT2D eigenvalue weighted by Gasteiger charge is 2.28. The second-order valence-electron chi connectivity index (χ2n) is 7.12. The third-order valence-electron chi connectivity index (χ3n) is 5.36. The van der Waals surface area contributed by atoms with E-state index in [4.69, 9.17) is 9.72 Å². The Morgan fingerprint density at radius 2 is 1.62 bits per heavy atom. The zero-order valence-corrected chi connectivity index (χ0v) is 16.5. The van der Waals surface area contributed by atoms with Crippen molar-refractivity contribution in [2.24, 2.45) is 0 Å². The number of rotatable bonds is 3. The van der Waals surface area contributed by atoms with E-state index in [9.17, 15) is 9.59 Å². The van der Waals surface area contributed by atoms with E-state index in [-0.39, 0.29) is 11.6 Å². The highest BCUT2D eigenvalue weighted by atomic mass is 16.5. The molecule has 1 aromatic heterocycles. The minimum Gasteiger partial charge on any atom is -0.453 e. The van der Waals surface area contributed by atoms with Crippen molar-refractivity contribution in [1.82, 2.24) is 14.5 Å². The number of fused-ring (bicyclic) bond motifs is 1. The topological polar surface area (TPSA) is 64.4 Å². The number of benzene rings is 2. The van der Waals surface area contributed by atoms with Gasteiger partial charge < -0.3 is 9.64 Å². The standard InChI is InChI=1S/C23H23N3O3/c1-16-24-20-15-25(23(28)29-2)14-13-19(20)22(27)26(16)21(17-9-5-3-6-10-17)18-11-7-4-8-12-18/h3-12,21H,13-15H2,1-2H3. The average Bonchev–Trinajstić information content (AvgIpc) is 2.76. The minimum atomic E-state index is -0.397. The summed E-state index contributed by atoms with van der Waals surface area (Å²) in [5, 5.41) is 0. The van der Waals surface area contributed by atoms with Crippen molar-refractivity contribution in [2.45, 2.75) is 25.9 Å². The molecule has 0 N–H and O–H groups in total. The predicted molar refractivity (Wildman–Crippen MR) is 110 cm³/mol. The average molecular weight is 389 g/mol. The Morgan fingerprint density at radius 1 is 1.03 bits per heavy atom. The Morgan fingerprint density at radius 3 is 2.17 bits per heavy atom. The molecule has 6 heteroatoms. The SMILES string of the molecule is COC(=O)N1CCc2c(nc(C)n(C(c3ccccc3)c3ccccc3)c2=O)C1. The molecule has 0 saturated carbocycles. The van der Waals surface area contributed by atoms with Crippen molar-refractivity contribution in [3.63, 3.8) is 0 Å². The Kier molecular flexibility index (Phi) is 5.16. The van der Waals surface area contributed by atoms with Crippen molar-refractivity contribution in [3.8, 4) is 0 Å². The lowest BCUT2D eigenvalue weighted by Crippen LogP contribution is -2.42. The van der Waals surface area contributed by atoms with E-state index < -0.39 is 6.09 Å². The maximum absolute atomic E-state index is 13.6. The van der Waals surface area contributed by atoms with Crippen molar-refractivity contribution in [3.05, 3.63) is 99.2 Å². The van der Waals surface area contributed by atoms with E-state index in [1.54, 1.807) is 9.47 Å². The molecule has 148 valence electrons. The fourth-order valence-corrected chi connectivity index (χ4v) is 3.97. The Balaban J connectivity index is 1.85. The smallest absolute Gasteiger partial charge is 0.409 e. The predicted octanol–water partition coefficient (Wildman–Crippen LogP) is 3.31. The van der Waals surface area contributed by atoms with Gasteiger partial charge in [0.05, 0.1) is 25.4 Å². The number of carbonyl (C=O) groups is 1. The summed E-state index contributed by atoms with van der Waals surface area (Å²) in [7, 11) is 1.36. The van der Waals surface area contributed by atoms with Crippen molar-refractivity contribution < 1.29 is 9.53 Å². The summed E-state index contributed by atoms with van der Waals surface area (Å²) in [5.41, 5.74) is 3.33. The first-order valence-corrected chi connectivity index (χ1v) is 9.64. The third-order valence-corrected chi connectivity index (χ3v) is 5.36. The minimum absolute atomic E-state index is 0.0466. The highest BCUT2D eigenvalue weighted by Crippen LogP contribution is 2.27. The largest absolute Gasteiger partial charge is 0.453 e. The van der Waals surface area contributed by atoms with Gasteiger partial charge in [-0.25, -0.2) is 9.78 Å². The van der Waals surface area contributed by atoms with Crippen LogP contribution < -0.4 is 5.56 Å². The van der Waals surface area contributed by atoms with Crippen LogP contribution in [0.4, 0.5) is 4.79 Å². The molecule has 0 saturated heterocycles. The number of carbonyl (C=O) groups excluding carboxylic acids is 1. The van der Waals surface area contributed by atoms with Crippen molar-refractivity contribution in [2.75, 3.05) is 13.7 Å². The Hall–Kier alpha value is -3.41. The molecule has 2 aromatic carbocycles. The summed E-state index contributed by atoms with van der Waals surface area (Å²) in [6.45, 7) is 2.58. The molecule has 0 fully saturated rings. The highest BCUT2D eigenvalue weighted by molar-refractivity contribution is 5.67. The maximum atomic E-state index is 13.6. The molecular formula is C23H23N3O3. The van der Waals surface area contributed by atoms with Gasteiger partial charge in [-0.1, -0.05) is 60.7 Å². The molecule has 2 heterocycles. The van der Waals surface area contributed by atoms with Crippen LogP contribution in [0.15, 0.2) is 65.5 Å². The molecule has 29 heavy (non-hydrogen) atoms. The van der Waals surface area contributed by atoms with E-state index in [1.165, 1.54) is 7.11 Å². The van der Waals surface area contributed by atoms with Gasteiger partial charge in [-0.05, 0) is 24.5 Å². The number of methoxy groups -OCH3 is 1. The van der Waals surface area contributed by atoms with Crippen LogP contribution in [0.2, 0.25) is 0 Å². The van der Waals surface area contributed by atoms with Crippen LogP contribution in [0.25, 0.3) is 0 Å². The van der Waals surface area contributed by atoms with Crippen molar-refractivity contribution >= 4 is 6.09 Å². The molecule has 0 bridgehead atoms. The van der Waals surface area contributed by atoms with E-state index in [0.717, 1.165) is 11.1 Å². The van der Waals surface area contributed by atoms with Gasteiger partial charge in [0.1, 0.15) is 5.82 Å². The molecule has 0 radical (unpaired) electrons.